The van der Waals surface area contributed by atoms with Crippen molar-refractivity contribution in [3.05, 3.63) is 34.3 Å². The monoisotopic (exact) mass is 256 g/mol. The maximum atomic E-state index is 5.72. The van der Waals surface area contributed by atoms with E-state index in [1.54, 1.807) is 0 Å². The third kappa shape index (κ3) is 3.40. The first-order valence-corrected chi connectivity index (χ1v) is 5.64. The van der Waals surface area contributed by atoms with Crippen molar-refractivity contribution >= 4 is 15.9 Å². The van der Waals surface area contributed by atoms with Crippen LogP contribution in [0.2, 0.25) is 0 Å². The van der Waals surface area contributed by atoms with Crippen molar-refractivity contribution in [1.82, 2.24) is 5.32 Å². The molecule has 78 valence electrons. The molecule has 0 saturated heterocycles. The highest BCUT2D eigenvalue weighted by Gasteiger charge is 2.09. The Morgan fingerprint density at radius 3 is 2.29 bits per heavy atom. The topological polar surface area (TPSA) is 38.0 Å². The van der Waals surface area contributed by atoms with E-state index in [1.807, 2.05) is 12.1 Å². The van der Waals surface area contributed by atoms with Crippen LogP contribution in [0.5, 0.6) is 0 Å². The van der Waals surface area contributed by atoms with Crippen LogP contribution < -0.4 is 11.1 Å². The Balaban J connectivity index is 2.73. The van der Waals surface area contributed by atoms with Crippen LogP contribution in [-0.2, 0) is 0 Å². The molecule has 0 spiro atoms. The van der Waals surface area contributed by atoms with Crippen molar-refractivity contribution in [2.24, 2.45) is 5.73 Å². The summed E-state index contributed by atoms with van der Waals surface area (Å²) >= 11 is 3.42. The molecule has 0 amide bonds. The third-order valence-corrected chi connectivity index (χ3v) is 2.57. The maximum absolute atomic E-state index is 5.72. The molecule has 0 aliphatic carbocycles. The van der Waals surface area contributed by atoms with Crippen molar-refractivity contribution in [2.75, 3.05) is 6.54 Å². The Bertz CT molecular complexity index is 269. The summed E-state index contributed by atoms with van der Waals surface area (Å²) in [5.41, 5.74) is 6.96. The molecule has 0 radical (unpaired) electrons. The van der Waals surface area contributed by atoms with E-state index in [0.717, 1.165) is 4.47 Å². The summed E-state index contributed by atoms with van der Waals surface area (Å²) < 4.78 is 1.10. The number of nitrogens with one attached hydrogen (secondary N) is 1. The fourth-order valence-corrected chi connectivity index (χ4v) is 1.66. The van der Waals surface area contributed by atoms with Crippen LogP contribution in [0.3, 0.4) is 0 Å². The molecule has 0 heterocycles. The molecule has 3 heteroatoms. The predicted octanol–water partition coefficient (Wildman–Crippen LogP) is 2.45. The first-order valence-electron chi connectivity index (χ1n) is 4.85. The van der Waals surface area contributed by atoms with E-state index in [4.69, 9.17) is 5.73 Å². The van der Waals surface area contributed by atoms with E-state index >= 15 is 0 Å². The SMILES string of the molecule is CC(C)NC(CN)c1ccc(Br)cc1. The molecule has 2 nitrogen and oxygen atoms in total. The average Bonchev–Trinajstić information content (AvgIpc) is 2.15. The van der Waals surface area contributed by atoms with E-state index in [2.05, 4.69) is 47.2 Å². The molecule has 0 aliphatic rings. The van der Waals surface area contributed by atoms with Gasteiger partial charge in [0, 0.05) is 23.1 Å². The average molecular weight is 257 g/mol. The van der Waals surface area contributed by atoms with Gasteiger partial charge in [-0.3, -0.25) is 0 Å². The lowest BCUT2D eigenvalue weighted by molar-refractivity contribution is 0.484. The highest BCUT2D eigenvalue weighted by Crippen LogP contribution is 2.16. The zero-order valence-electron chi connectivity index (χ0n) is 8.63. The minimum atomic E-state index is 0.253. The van der Waals surface area contributed by atoms with Gasteiger partial charge in [-0.2, -0.15) is 0 Å². The van der Waals surface area contributed by atoms with Gasteiger partial charge in [-0.25, -0.2) is 0 Å². The van der Waals surface area contributed by atoms with Gasteiger partial charge < -0.3 is 11.1 Å². The smallest absolute Gasteiger partial charge is 0.0446 e. The van der Waals surface area contributed by atoms with Crippen molar-refractivity contribution < 1.29 is 0 Å². The molecule has 0 fully saturated rings. The molecular formula is C11H17BrN2. The van der Waals surface area contributed by atoms with Crippen LogP contribution >= 0.6 is 15.9 Å². The quantitative estimate of drug-likeness (QED) is 0.869. The van der Waals surface area contributed by atoms with Crippen molar-refractivity contribution in [1.29, 1.82) is 0 Å². The fourth-order valence-electron chi connectivity index (χ4n) is 1.40. The van der Waals surface area contributed by atoms with Crippen LogP contribution in [0.15, 0.2) is 28.7 Å². The van der Waals surface area contributed by atoms with Crippen LogP contribution in [-0.4, -0.2) is 12.6 Å². The Morgan fingerprint density at radius 1 is 1.29 bits per heavy atom. The number of benzene rings is 1. The fraction of sp³-hybridized carbons (Fsp3) is 0.455. The maximum Gasteiger partial charge on any atom is 0.0446 e. The van der Waals surface area contributed by atoms with Gasteiger partial charge in [-0.15, -0.1) is 0 Å². The van der Waals surface area contributed by atoms with Crippen LogP contribution in [0.4, 0.5) is 0 Å². The van der Waals surface area contributed by atoms with E-state index < -0.39 is 0 Å². The second kappa shape index (κ2) is 5.49. The van der Waals surface area contributed by atoms with Crippen LogP contribution in [0.1, 0.15) is 25.5 Å². The molecule has 1 rings (SSSR count). The molecule has 1 aromatic carbocycles. The second-order valence-electron chi connectivity index (χ2n) is 3.66. The number of nitrogens with two attached hydrogens (primary N) is 1. The van der Waals surface area contributed by atoms with Crippen molar-refractivity contribution in [2.45, 2.75) is 25.9 Å². The van der Waals surface area contributed by atoms with E-state index in [-0.39, 0.29) is 6.04 Å². The first kappa shape index (κ1) is 11.7. The molecule has 0 aromatic heterocycles. The molecule has 1 atom stereocenters. The second-order valence-corrected chi connectivity index (χ2v) is 4.58. The third-order valence-electron chi connectivity index (χ3n) is 2.04. The summed E-state index contributed by atoms with van der Waals surface area (Å²) in [5.74, 6) is 0. The zero-order valence-corrected chi connectivity index (χ0v) is 10.2. The van der Waals surface area contributed by atoms with Crippen molar-refractivity contribution in [3.8, 4) is 0 Å². The molecule has 0 aliphatic heterocycles. The van der Waals surface area contributed by atoms with Gasteiger partial charge in [0.15, 0.2) is 0 Å². The van der Waals surface area contributed by atoms with Gasteiger partial charge in [-0.05, 0) is 17.7 Å². The van der Waals surface area contributed by atoms with E-state index in [1.165, 1.54) is 5.56 Å². The van der Waals surface area contributed by atoms with E-state index in [9.17, 15) is 0 Å². The molecule has 0 bridgehead atoms. The predicted molar refractivity (Wildman–Crippen MR) is 64.2 cm³/mol. The Hall–Kier alpha value is -0.380. The van der Waals surface area contributed by atoms with Crippen molar-refractivity contribution in [3.63, 3.8) is 0 Å². The number of halogens is 1. The van der Waals surface area contributed by atoms with Crippen LogP contribution in [0, 0.1) is 0 Å². The molecular weight excluding hydrogens is 240 g/mol. The van der Waals surface area contributed by atoms with Gasteiger partial charge >= 0.3 is 0 Å². The summed E-state index contributed by atoms with van der Waals surface area (Å²) in [6.07, 6.45) is 0. The Morgan fingerprint density at radius 2 is 1.86 bits per heavy atom. The molecule has 1 aromatic rings. The molecule has 3 N–H and O–H groups in total. The zero-order chi connectivity index (χ0) is 10.6. The van der Waals surface area contributed by atoms with Crippen LogP contribution in [0.25, 0.3) is 0 Å². The molecule has 1 unspecified atom stereocenters. The van der Waals surface area contributed by atoms with Gasteiger partial charge in [0.2, 0.25) is 0 Å². The van der Waals surface area contributed by atoms with Gasteiger partial charge in [0.05, 0.1) is 0 Å². The lowest BCUT2D eigenvalue weighted by Gasteiger charge is -2.20. The normalized spacial score (nSPS) is 13.2. The summed E-state index contributed by atoms with van der Waals surface area (Å²) in [7, 11) is 0. The first-order chi connectivity index (χ1) is 6.63. The standard InChI is InChI=1S/C11H17BrN2/c1-8(2)14-11(7-13)9-3-5-10(12)6-4-9/h3-6,8,11,14H,7,13H2,1-2H3. The number of hydrogen-bond donors (Lipinski definition) is 2. The highest BCUT2D eigenvalue weighted by atomic mass is 79.9. The lowest BCUT2D eigenvalue weighted by Crippen LogP contribution is -2.33. The Kier molecular flexibility index (Phi) is 4.58. The number of rotatable bonds is 4. The molecule has 14 heavy (non-hydrogen) atoms. The number of hydrogen-bond acceptors (Lipinski definition) is 2. The summed E-state index contributed by atoms with van der Waals surface area (Å²) in [4.78, 5) is 0. The highest BCUT2D eigenvalue weighted by molar-refractivity contribution is 9.10. The minimum absolute atomic E-state index is 0.253. The summed E-state index contributed by atoms with van der Waals surface area (Å²) in [5, 5.41) is 3.42. The van der Waals surface area contributed by atoms with E-state index in [0.29, 0.717) is 12.6 Å². The van der Waals surface area contributed by atoms with Gasteiger partial charge in [0.1, 0.15) is 0 Å². The van der Waals surface area contributed by atoms with Gasteiger partial charge in [0.25, 0.3) is 0 Å². The minimum Gasteiger partial charge on any atom is -0.329 e. The lowest BCUT2D eigenvalue weighted by atomic mass is 10.1. The Labute approximate surface area is 94.0 Å². The summed E-state index contributed by atoms with van der Waals surface area (Å²) in [6.45, 7) is 4.88. The molecule has 0 saturated carbocycles. The van der Waals surface area contributed by atoms with Gasteiger partial charge in [-0.1, -0.05) is 41.9 Å². The largest absolute Gasteiger partial charge is 0.329 e. The summed E-state index contributed by atoms with van der Waals surface area (Å²) in [6, 6.07) is 8.98.